The van der Waals surface area contributed by atoms with Crippen LogP contribution in [0.2, 0.25) is 0 Å². The number of rotatable bonds is 7. The van der Waals surface area contributed by atoms with E-state index in [1.165, 1.54) is 28.4 Å². The molecule has 0 aromatic carbocycles. The maximum absolute atomic E-state index is 12.2. The number of nitrogens with zero attached hydrogens (tertiary/aromatic N) is 2. The zero-order valence-electron chi connectivity index (χ0n) is 11.3. The Morgan fingerprint density at radius 3 is 2.95 bits per heavy atom. The number of hydrogen-bond acceptors (Lipinski definition) is 5. The Kier molecular flexibility index (Phi) is 4.76. The second-order valence-corrected chi connectivity index (χ2v) is 7.13. The first kappa shape index (κ1) is 15.7. The zero-order chi connectivity index (χ0) is 15.5. The molecule has 0 aliphatic rings. The maximum Gasteiger partial charge on any atom is 0.305 e. The zero-order valence-corrected chi connectivity index (χ0v) is 12.9. The van der Waals surface area contributed by atoms with Crippen molar-refractivity contribution in [3.8, 4) is 0 Å². The Morgan fingerprint density at radius 2 is 2.33 bits per heavy atom. The van der Waals surface area contributed by atoms with E-state index in [1.54, 1.807) is 6.92 Å². The summed E-state index contributed by atoms with van der Waals surface area (Å²) >= 11 is 1.47. The number of hydrogen-bond donors (Lipinski definition) is 2. The molecule has 0 radical (unpaired) electrons. The third-order valence-corrected chi connectivity index (χ3v) is 5.33. The van der Waals surface area contributed by atoms with Crippen LogP contribution in [0.15, 0.2) is 34.8 Å². The highest BCUT2D eigenvalue weighted by Crippen LogP contribution is 2.20. The third kappa shape index (κ3) is 4.13. The van der Waals surface area contributed by atoms with Crippen molar-refractivity contribution in [3.05, 3.63) is 34.8 Å². The molecule has 0 fully saturated rings. The van der Waals surface area contributed by atoms with Gasteiger partial charge in [-0.2, -0.15) is 5.10 Å². The number of carboxylic acid groups (broad SMARTS) is 1. The van der Waals surface area contributed by atoms with Gasteiger partial charge < -0.3 is 5.11 Å². The summed E-state index contributed by atoms with van der Waals surface area (Å²) in [5.41, 5.74) is 0. The number of aliphatic carboxylic acids is 1. The molecule has 0 saturated heterocycles. The third-order valence-electron chi connectivity index (χ3n) is 2.78. The standard InChI is InChI=1S/C12H15N3O4S2/c1-9(11-3-2-6-20-11)14-21(18,19)10-7-13-15(8-10)5-4-12(16)17/h2-3,6-9,14H,4-5H2,1H3,(H,16,17). The summed E-state index contributed by atoms with van der Waals surface area (Å²) in [6, 6.07) is 3.38. The molecule has 2 aromatic heterocycles. The largest absolute Gasteiger partial charge is 0.481 e. The maximum atomic E-state index is 12.2. The van der Waals surface area contributed by atoms with Crippen molar-refractivity contribution in [2.75, 3.05) is 0 Å². The minimum Gasteiger partial charge on any atom is -0.481 e. The predicted octanol–water partition coefficient (Wildman–Crippen LogP) is 1.46. The lowest BCUT2D eigenvalue weighted by molar-refractivity contribution is -0.137. The number of aromatic nitrogens is 2. The van der Waals surface area contributed by atoms with Crippen molar-refractivity contribution in [1.82, 2.24) is 14.5 Å². The van der Waals surface area contributed by atoms with Gasteiger partial charge in [0, 0.05) is 11.1 Å². The fourth-order valence-electron chi connectivity index (χ4n) is 1.71. The summed E-state index contributed by atoms with van der Waals surface area (Å²) in [4.78, 5) is 11.4. The molecule has 0 bridgehead atoms. The van der Waals surface area contributed by atoms with E-state index in [-0.39, 0.29) is 23.9 Å². The van der Waals surface area contributed by atoms with Gasteiger partial charge in [-0.15, -0.1) is 11.3 Å². The molecule has 1 atom stereocenters. The van der Waals surface area contributed by atoms with E-state index < -0.39 is 16.0 Å². The molecular weight excluding hydrogens is 314 g/mol. The van der Waals surface area contributed by atoms with Gasteiger partial charge in [-0.3, -0.25) is 9.48 Å². The fourth-order valence-corrected chi connectivity index (χ4v) is 3.70. The van der Waals surface area contributed by atoms with Gasteiger partial charge in [-0.1, -0.05) is 6.07 Å². The lowest BCUT2D eigenvalue weighted by Crippen LogP contribution is -2.26. The Bertz CT molecular complexity index is 707. The molecule has 1 unspecified atom stereocenters. The topological polar surface area (TPSA) is 101 Å². The number of carboxylic acids is 1. The number of sulfonamides is 1. The van der Waals surface area contributed by atoms with Crippen LogP contribution in [0.5, 0.6) is 0 Å². The van der Waals surface area contributed by atoms with Crippen molar-refractivity contribution in [2.24, 2.45) is 0 Å². The van der Waals surface area contributed by atoms with Gasteiger partial charge in [0.25, 0.3) is 0 Å². The van der Waals surface area contributed by atoms with Gasteiger partial charge in [0.2, 0.25) is 10.0 Å². The van der Waals surface area contributed by atoms with E-state index in [1.807, 2.05) is 17.5 Å². The molecule has 0 spiro atoms. The molecule has 2 heterocycles. The average Bonchev–Trinajstić information content (AvgIpc) is 3.07. The first-order valence-electron chi connectivity index (χ1n) is 6.18. The van der Waals surface area contributed by atoms with Crippen LogP contribution >= 0.6 is 11.3 Å². The number of nitrogens with one attached hydrogen (secondary N) is 1. The Hall–Kier alpha value is -1.71. The summed E-state index contributed by atoms with van der Waals surface area (Å²) in [5.74, 6) is -0.959. The average molecular weight is 329 g/mol. The molecule has 0 aliphatic heterocycles. The molecule has 2 rings (SSSR count). The van der Waals surface area contributed by atoms with E-state index >= 15 is 0 Å². The number of aryl methyl sites for hydroxylation is 1. The quantitative estimate of drug-likeness (QED) is 0.801. The highest BCUT2D eigenvalue weighted by atomic mass is 32.2. The minimum absolute atomic E-state index is 0.0243. The van der Waals surface area contributed by atoms with Crippen LogP contribution < -0.4 is 4.72 Å². The number of thiophene rings is 1. The fraction of sp³-hybridized carbons (Fsp3) is 0.333. The Balaban J connectivity index is 2.07. The molecule has 21 heavy (non-hydrogen) atoms. The van der Waals surface area contributed by atoms with Crippen molar-refractivity contribution in [2.45, 2.75) is 30.8 Å². The monoisotopic (exact) mass is 329 g/mol. The van der Waals surface area contributed by atoms with Gasteiger partial charge >= 0.3 is 5.97 Å². The number of carbonyl (C=O) groups is 1. The minimum atomic E-state index is -3.68. The summed E-state index contributed by atoms with van der Waals surface area (Å²) in [6.45, 7) is 1.89. The molecule has 0 aliphatic carbocycles. The highest BCUT2D eigenvalue weighted by Gasteiger charge is 2.20. The predicted molar refractivity (Wildman–Crippen MR) is 77.5 cm³/mol. The molecular formula is C12H15N3O4S2. The summed E-state index contributed by atoms with van der Waals surface area (Å²) < 4.78 is 28.3. The van der Waals surface area contributed by atoms with Crippen LogP contribution in [0, 0.1) is 0 Å². The molecule has 114 valence electrons. The van der Waals surface area contributed by atoms with Gasteiger partial charge in [-0.25, -0.2) is 13.1 Å². The van der Waals surface area contributed by atoms with Gasteiger partial charge in [-0.05, 0) is 18.4 Å². The van der Waals surface area contributed by atoms with E-state index in [0.717, 1.165) is 4.88 Å². The van der Waals surface area contributed by atoms with Crippen LogP contribution in [0.4, 0.5) is 0 Å². The van der Waals surface area contributed by atoms with Crippen molar-refractivity contribution < 1.29 is 18.3 Å². The van der Waals surface area contributed by atoms with E-state index in [0.29, 0.717) is 0 Å². The molecule has 9 heteroatoms. The second-order valence-electron chi connectivity index (χ2n) is 4.44. The van der Waals surface area contributed by atoms with Gasteiger partial charge in [0.15, 0.2) is 0 Å². The Labute approximate surface area is 126 Å². The van der Waals surface area contributed by atoms with Crippen LogP contribution in [0.3, 0.4) is 0 Å². The lowest BCUT2D eigenvalue weighted by atomic mass is 10.3. The van der Waals surface area contributed by atoms with Crippen LogP contribution in [-0.4, -0.2) is 29.3 Å². The van der Waals surface area contributed by atoms with Gasteiger partial charge in [0.1, 0.15) is 4.90 Å². The summed E-state index contributed by atoms with van der Waals surface area (Å²) in [7, 11) is -3.68. The smallest absolute Gasteiger partial charge is 0.305 e. The van der Waals surface area contributed by atoms with Crippen LogP contribution in [0.25, 0.3) is 0 Å². The normalized spacial score (nSPS) is 13.2. The first-order valence-corrected chi connectivity index (χ1v) is 8.55. The summed E-state index contributed by atoms with van der Waals surface area (Å²) in [5, 5.41) is 14.3. The Morgan fingerprint density at radius 1 is 1.57 bits per heavy atom. The van der Waals surface area contributed by atoms with Crippen LogP contribution in [-0.2, 0) is 21.4 Å². The van der Waals surface area contributed by atoms with Crippen molar-refractivity contribution in [1.29, 1.82) is 0 Å². The second kappa shape index (κ2) is 6.37. The SMILES string of the molecule is CC(NS(=O)(=O)c1cnn(CCC(=O)O)c1)c1cccs1. The first-order chi connectivity index (χ1) is 9.88. The van der Waals surface area contributed by atoms with E-state index in [9.17, 15) is 13.2 Å². The van der Waals surface area contributed by atoms with Gasteiger partial charge in [0.05, 0.1) is 25.2 Å². The molecule has 0 saturated carbocycles. The van der Waals surface area contributed by atoms with Crippen molar-refractivity contribution >= 4 is 27.3 Å². The van der Waals surface area contributed by atoms with Crippen molar-refractivity contribution in [3.63, 3.8) is 0 Å². The highest BCUT2D eigenvalue weighted by molar-refractivity contribution is 7.89. The lowest BCUT2D eigenvalue weighted by Gasteiger charge is -2.11. The molecule has 2 N–H and O–H groups in total. The molecule has 2 aromatic rings. The van der Waals surface area contributed by atoms with Crippen LogP contribution in [0.1, 0.15) is 24.3 Å². The van der Waals surface area contributed by atoms with E-state index in [4.69, 9.17) is 5.11 Å². The summed E-state index contributed by atoms with van der Waals surface area (Å²) in [6.07, 6.45) is 2.43. The van der Waals surface area contributed by atoms with E-state index in [2.05, 4.69) is 9.82 Å². The molecule has 0 amide bonds. The molecule has 7 nitrogen and oxygen atoms in total.